The zero-order valence-corrected chi connectivity index (χ0v) is 41.6. The number of hydrogen-bond donors (Lipinski definition) is 2. The molecule has 1 atom stereocenters. The molecule has 9 rings (SSSR count). The molecule has 3 aliphatic heterocycles. The van der Waals surface area contributed by atoms with E-state index in [1.807, 2.05) is 81.2 Å². The molecule has 2 fully saturated rings. The monoisotopic (exact) mass is 988 g/mol. The smallest absolute Gasteiger partial charge is 0.355 e. The number of piperidine rings is 1. The van der Waals surface area contributed by atoms with Crippen LogP contribution in [0.15, 0.2) is 60.7 Å². The van der Waals surface area contributed by atoms with E-state index in [0.29, 0.717) is 92.1 Å². The zero-order chi connectivity index (χ0) is 50.5. The van der Waals surface area contributed by atoms with Crippen molar-refractivity contribution < 1.29 is 42.6 Å². The molecule has 71 heavy (non-hydrogen) atoms. The molecule has 3 aliphatic rings. The van der Waals surface area contributed by atoms with Gasteiger partial charge in [-0.05, 0) is 101 Å². The van der Waals surface area contributed by atoms with Crippen molar-refractivity contribution in [3.8, 4) is 22.6 Å². The molecule has 3 N–H and O–H groups in total. The van der Waals surface area contributed by atoms with Gasteiger partial charge in [0, 0.05) is 97.6 Å². The number of rotatable bonds is 14. The lowest BCUT2D eigenvalue weighted by Crippen LogP contribution is -2.52. The first-order chi connectivity index (χ1) is 33.9. The van der Waals surface area contributed by atoms with Crippen LogP contribution < -0.4 is 20.5 Å². The van der Waals surface area contributed by atoms with Crippen molar-refractivity contribution in [2.24, 2.45) is 7.05 Å². The second-order valence-corrected chi connectivity index (χ2v) is 19.9. The maximum absolute atomic E-state index is 14.6. The van der Waals surface area contributed by atoms with Crippen molar-refractivity contribution in [1.29, 1.82) is 0 Å². The van der Waals surface area contributed by atoms with Gasteiger partial charge in [-0.2, -0.15) is 5.10 Å². The predicted molar refractivity (Wildman–Crippen MR) is 267 cm³/mol. The summed E-state index contributed by atoms with van der Waals surface area (Å²) in [5, 5.41) is 9.98. The summed E-state index contributed by atoms with van der Waals surface area (Å²) in [6, 6.07) is 16.3. The van der Waals surface area contributed by atoms with Crippen LogP contribution in [0.2, 0.25) is 5.02 Å². The molecule has 2 saturated heterocycles. The number of ether oxygens (including phenoxy) is 3. The quantitative estimate of drug-likeness (QED) is 0.0490. The van der Waals surface area contributed by atoms with E-state index in [4.69, 9.17) is 36.6 Å². The first-order valence-corrected chi connectivity index (χ1v) is 24.3. The number of halogens is 2. The number of benzene rings is 4. The van der Waals surface area contributed by atoms with Crippen molar-refractivity contribution >= 4 is 68.6 Å². The average Bonchev–Trinajstić information content (AvgIpc) is 3.91. The molecule has 18 heteroatoms. The molecule has 372 valence electrons. The van der Waals surface area contributed by atoms with Crippen molar-refractivity contribution in [2.45, 2.75) is 85.0 Å². The Morgan fingerprint density at radius 3 is 2.41 bits per heavy atom. The summed E-state index contributed by atoms with van der Waals surface area (Å²) in [6.07, 6.45) is 1.36. The molecular weight excluding hydrogens is 931 g/mol. The molecule has 1 unspecified atom stereocenters. The molecule has 4 aromatic carbocycles. The van der Waals surface area contributed by atoms with E-state index in [1.165, 1.54) is 23.1 Å². The third-order valence-electron chi connectivity index (χ3n) is 13.6. The van der Waals surface area contributed by atoms with Gasteiger partial charge in [-0.3, -0.25) is 34.1 Å². The topological polar surface area (TPSA) is 184 Å². The Bertz CT molecular complexity index is 3130. The van der Waals surface area contributed by atoms with E-state index in [1.54, 1.807) is 17.0 Å². The normalized spacial score (nSPS) is 16.5. The van der Waals surface area contributed by atoms with Crippen LogP contribution in [0.3, 0.4) is 0 Å². The van der Waals surface area contributed by atoms with Crippen LogP contribution in [0.4, 0.5) is 10.1 Å². The van der Waals surface area contributed by atoms with E-state index in [0.717, 1.165) is 49.8 Å². The highest BCUT2D eigenvalue weighted by atomic mass is 35.5. The number of hydrogen-bond acceptors (Lipinski definition) is 11. The first kappa shape index (κ1) is 49.0. The molecule has 0 spiro atoms. The maximum Gasteiger partial charge on any atom is 0.355 e. The zero-order valence-electron chi connectivity index (χ0n) is 40.8. The number of nitrogens with zero attached hydrogens (tertiary/aromatic N) is 6. The Morgan fingerprint density at radius 2 is 1.69 bits per heavy atom. The summed E-state index contributed by atoms with van der Waals surface area (Å²) in [5.74, 6) is -1.37. The van der Waals surface area contributed by atoms with Gasteiger partial charge in [0.2, 0.25) is 11.8 Å². The molecule has 0 aliphatic carbocycles. The summed E-state index contributed by atoms with van der Waals surface area (Å²) < 4.78 is 36.5. The fourth-order valence-electron chi connectivity index (χ4n) is 10.2. The minimum atomic E-state index is -0.807. The standard InChI is InChI=1S/C53H58ClFN8O8/c1-30-46(31(2)59(6)58-30)47-40(54)15-14-37-36(10-8-24-69-42-11-7-9-32-25-33(55)12-13-35(32)42)49(52(68)71-53(3,4)5)62(48(37)47)23-20-60-18-21-61(22-19-60)45(65)29-70-43-27-34(56)26-38-39(43)28-63(51(38)67)41-16-17-44(64)57-50(41)66/h7,9,11-15,25-27,41H,8,10,16-24,28-29,56H2,1-6H3,(H,57,64,66). The predicted octanol–water partition coefficient (Wildman–Crippen LogP) is 7.14. The van der Waals surface area contributed by atoms with Gasteiger partial charge in [-0.15, -0.1) is 0 Å². The number of anilines is 1. The SMILES string of the molecule is Cc1nn(C)c(C)c1-c1c(Cl)ccc2c(CCCOc3cccc4cc(F)ccc34)c(C(=O)OC(C)(C)C)n(CCN3CCN(C(=O)COc4cc(N)cc5c4CN(C4CCC(=O)NC4=O)C5=O)CC3)c12. The van der Waals surface area contributed by atoms with E-state index in [-0.39, 0.29) is 55.2 Å². The summed E-state index contributed by atoms with van der Waals surface area (Å²) in [6.45, 7) is 12.5. The molecule has 2 aromatic heterocycles. The summed E-state index contributed by atoms with van der Waals surface area (Å²) in [7, 11) is 1.89. The van der Waals surface area contributed by atoms with Crippen LogP contribution in [-0.2, 0) is 45.7 Å². The van der Waals surface area contributed by atoms with E-state index in [2.05, 4.69) is 10.2 Å². The minimum Gasteiger partial charge on any atom is -0.493 e. The second kappa shape index (κ2) is 19.7. The van der Waals surface area contributed by atoms with Crippen LogP contribution in [0.25, 0.3) is 32.8 Å². The molecule has 0 bridgehead atoms. The number of nitrogen functional groups attached to an aromatic ring is 1. The van der Waals surface area contributed by atoms with Gasteiger partial charge in [0.15, 0.2) is 6.61 Å². The third kappa shape index (κ3) is 9.89. The largest absolute Gasteiger partial charge is 0.493 e. The van der Waals surface area contributed by atoms with Gasteiger partial charge in [0.1, 0.15) is 34.7 Å². The number of imide groups is 1. The van der Waals surface area contributed by atoms with Crippen LogP contribution in [0.1, 0.15) is 83.4 Å². The van der Waals surface area contributed by atoms with Crippen molar-refractivity contribution in [1.82, 2.24) is 34.4 Å². The molecule has 16 nitrogen and oxygen atoms in total. The number of esters is 1. The van der Waals surface area contributed by atoms with Gasteiger partial charge < -0.3 is 34.3 Å². The van der Waals surface area contributed by atoms with Gasteiger partial charge in [0.05, 0.1) is 34.9 Å². The number of amides is 4. The number of carbonyl (C=O) groups excluding carboxylic acids is 5. The number of piperazine rings is 1. The molecule has 0 radical (unpaired) electrons. The van der Waals surface area contributed by atoms with Crippen LogP contribution in [0.5, 0.6) is 11.5 Å². The Morgan fingerprint density at radius 1 is 0.930 bits per heavy atom. The molecular formula is C53H58ClFN8O8. The van der Waals surface area contributed by atoms with Crippen molar-refractivity contribution in [3.63, 3.8) is 0 Å². The number of nitrogens with one attached hydrogen (secondary N) is 1. The van der Waals surface area contributed by atoms with Crippen molar-refractivity contribution in [2.75, 3.05) is 51.7 Å². The summed E-state index contributed by atoms with van der Waals surface area (Å²) >= 11 is 7.20. The number of aromatic nitrogens is 3. The molecule has 6 aromatic rings. The van der Waals surface area contributed by atoms with E-state index < -0.39 is 23.5 Å². The van der Waals surface area contributed by atoms with Crippen LogP contribution >= 0.6 is 11.6 Å². The lowest BCUT2D eigenvalue weighted by atomic mass is 9.98. The highest BCUT2D eigenvalue weighted by Crippen LogP contribution is 2.43. The highest BCUT2D eigenvalue weighted by Gasteiger charge is 2.41. The Hall–Kier alpha value is -6.98. The summed E-state index contributed by atoms with van der Waals surface area (Å²) in [4.78, 5) is 71.6. The van der Waals surface area contributed by atoms with E-state index >= 15 is 0 Å². The van der Waals surface area contributed by atoms with Crippen LogP contribution in [0, 0.1) is 19.7 Å². The van der Waals surface area contributed by atoms with Crippen LogP contribution in [-0.4, -0.2) is 116 Å². The molecule has 5 heterocycles. The van der Waals surface area contributed by atoms with Gasteiger partial charge in [-0.1, -0.05) is 29.8 Å². The molecule has 0 saturated carbocycles. The van der Waals surface area contributed by atoms with Gasteiger partial charge in [-0.25, -0.2) is 9.18 Å². The fraction of sp³-hybridized carbons (Fsp3) is 0.396. The Balaban J connectivity index is 0.940. The van der Waals surface area contributed by atoms with Gasteiger partial charge >= 0.3 is 5.97 Å². The lowest BCUT2D eigenvalue weighted by Gasteiger charge is -2.35. The lowest BCUT2D eigenvalue weighted by molar-refractivity contribution is -0.137. The van der Waals surface area contributed by atoms with E-state index in [9.17, 15) is 28.4 Å². The fourth-order valence-corrected chi connectivity index (χ4v) is 10.4. The highest BCUT2D eigenvalue weighted by molar-refractivity contribution is 6.35. The van der Waals surface area contributed by atoms with Crippen molar-refractivity contribution in [3.05, 3.63) is 105 Å². The number of nitrogens with two attached hydrogens (primary N) is 1. The number of fused-ring (bicyclic) bond motifs is 3. The average molecular weight is 990 g/mol. The Labute approximate surface area is 415 Å². The second-order valence-electron chi connectivity index (χ2n) is 19.5. The third-order valence-corrected chi connectivity index (χ3v) is 13.9. The summed E-state index contributed by atoms with van der Waals surface area (Å²) in [5.41, 5.74) is 11.9. The maximum atomic E-state index is 14.6. The minimum absolute atomic E-state index is 0.0797. The number of aryl methyl sites for hydroxylation is 3. The Kier molecular flexibility index (Phi) is 13.6. The molecule has 4 amide bonds. The van der Waals surface area contributed by atoms with Gasteiger partial charge in [0.25, 0.3) is 11.8 Å². The first-order valence-electron chi connectivity index (χ1n) is 24.0. The number of carbonyl (C=O) groups is 5.